The van der Waals surface area contributed by atoms with Crippen molar-refractivity contribution in [2.24, 2.45) is 0 Å². The minimum atomic E-state index is -0.582. The predicted octanol–water partition coefficient (Wildman–Crippen LogP) is 3.87. The Morgan fingerprint density at radius 2 is 1.56 bits per heavy atom. The molecule has 0 radical (unpaired) electrons. The maximum absolute atomic E-state index is 12.3. The van der Waals surface area contributed by atoms with Crippen LogP contribution in [-0.2, 0) is 16.1 Å². The van der Waals surface area contributed by atoms with Crippen molar-refractivity contribution in [3.8, 4) is 5.75 Å². The van der Waals surface area contributed by atoms with E-state index in [1.807, 2.05) is 19.1 Å². The molecular weight excluding hydrogens is 410 g/mol. The van der Waals surface area contributed by atoms with Crippen molar-refractivity contribution in [2.45, 2.75) is 46.3 Å². The number of amides is 3. The molecule has 0 heterocycles. The summed E-state index contributed by atoms with van der Waals surface area (Å²) in [5.74, 6) is 0.322. The Hall–Kier alpha value is -3.55. The Labute approximate surface area is 188 Å². The van der Waals surface area contributed by atoms with Gasteiger partial charge in [-0.2, -0.15) is 0 Å². The van der Waals surface area contributed by atoms with Crippen LogP contribution < -0.4 is 20.7 Å². The smallest absolute Gasteiger partial charge is 0.407 e. The monoisotopic (exact) mass is 441 g/mol. The van der Waals surface area contributed by atoms with Gasteiger partial charge in [-0.3, -0.25) is 9.59 Å². The number of hydrogen-bond acceptors (Lipinski definition) is 5. The highest BCUT2D eigenvalue weighted by atomic mass is 16.6. The molecule has 2 aromatic rings. The fraction of sp³-hybridized carbons (Fsp3) is 0.375. The van der Waals surface area contributed by atoms with E-state index >= 15 is 0 Å². The summed E-state index contributed by atoms with van der Waals surface area (Å²) < 4.78 is 10.5. The zero-order valence-corrected chi connectivity index (χ0v) is 19.0. The van der Waals surface area contributed by atoms with Crippen molar-refractivity contribution in [3.63, 3.8) is 0 Å². The Morgan fingerprint density at radius 3 is 2.16 bits per heavy atom. The van der Waals surface area contributed by atoms with Crippen LogP contribution in [0.3, 0.4) is 0 Å². The minimum Gasteiger partial charge on any atom is -0.494 e. The van der Waals surface area contributed by atoms with Crippen LogP contribution in [0.4, 0.5) is 10.5 Å². The van der Waals surface area contributed by atoms with Crippen LogP contribution in [0.1, 0.15) is 50.0 Å². The summed E-state index contributed by atoms with van der Waals surface area (Å²) in [4.78, 5) is 35.9. The standard InChI is InChI=1S/C24H31N3O5/c1-5-31-20-12-8-18(9-13-20)22(29)26-16-17-6-10-19(11-7-17)27-21(28)14-15-25-23(30)32-24(2,3)4/h6-13H,5,14-16H2,1-4H3,(H,25,30)(H,26,29)(H,27,28). The number of alkyl carbamates (subject to hydrolysis) is 1. The van der Waals surface area contributed by atoms with E-state index in [-0.39, 0.29) is 24.8 Å². The molecule has 0 unspecified atom stereocenters. The molecule has 0 spiro atoms. The Bertz CT molecular complexity index is 903. The Kier molecular flexibility index (Phi) is 9.07. The van der Waals surface area contributed by atoms with E-state index in [9.17, 15) is 14.4 Å². The summed E-state index contributed by atoms with van der Waals surface area (Å²) in [5.41, 5.74) is 1.50. The number of anilines is 1. The van der Waals surface area contributed by atoms with Crippen molar-refractivity contribution in [3.05, 3.63) is 59.7 Å². The van der Waals surface area contributed by atoms with Gasteiger partial charge in [-0.15, -0.1) is 0 Å². The molecule has 3 amide bonds. The first-order valence-corrected chi connectivity index (χ1v) is 10.5. The second kappa shape index (κ2) is 11.7. The van der Waals surface area contributed by atoms with Gasteiger partial charge in [0.2, 0.25) is 5.91 Å². The molecule has 2 aromatic carbocycles. The lowest BCUT2D eigenvalue weighted by atomic mass is 10.1. The lowest BCUT2D eigenvalue weighted by molar-refractivity contribution is -0.116. The van der Waals surface area contributed by atoms with Crippen LogP contribution in [0.25, 0.3) is 0 Å². The average molecular weight is 442 g/mol. The lowest BCUT2D eigenvalue weighted by Gasteiger charge is -2.19. The van der Waals surface area contributed by atoms with Gasteiger partial charge in [-0.05, 0) is 69.7 Å². The number of rotatable bonds is 9. The van der Waals surface area contributed by atoms with Gasteiger partial charge in [-0.1, -0.05) is 12.1 Å². The SMILES string of the molecule is CCOc1ccc(C(=O)NCc2ccc(NC(=O)CCNC(=O)OC(C)(C)C)cc2)cc1. The van der Waals surface area contributed by atoms with Gasteiger partial charge >= 0.3 is 6.09 Å². The molecule has 8 nitrogen and oxygen atoms in total. The van der Waals surface area contributed by atoms with E-state index in [1.165, 1.54) is 0 Å². The van der Waals surface area contributed by atoms with Crippen LogP contribution in [-0.4, -0.2) is 36.7 Å². The maximum Gasteiger partial charge on any atom is 0.407 e. The highest BCUT2D eigenvalue weighted by Gasteiger charge is 2.16. The molecule has 0 saturated heterocycles. The van der Waals surface area contributed by atoms with Gasteiger partial charge in [-0.25, -0.2) is 4.79 Å². The molecule has 3 N–H and O–H groups in total. The average Bonchev–Trinajstić information content (AvgIpc) is 2.72. The van der Waals surface area contributed by atoms with Gasteiger partial charge < -0.3 is 25.4 Å². The summed E-state index contributed by atoms with van der Waals surface area (Å²) in [5, 5.41) is 8.18. The predicted molar refractivity (Wildman–Crippen MR) is 123 cm³/mol. The molecule has 0 aliphatic carbocycles. The molecule has 2 rings (SSSR count). The van der Waals surface area contributed by atoms with E-state index in [4.69, 9.17) is 9.47 Å². The third-order valence-electron chi connectivity index (χ3n) is 4.14. The minimum absolute atomic E-state index is 0.124. The van der Waals surface area contributed by atoms with E-state index in [2.05, 4.69) is 16.0 Å². The van der Waals surface area contributed by atoms with Crippen molar-refractivity contribution in [1.29, 1.82) is 0 Å². The summed E-state index contributed by atoms with van der Waals surface area (Å²) in [6.45, 7) is 8.33. The zero-order chi connectivity index (χ0) is 23.6. The topological polar surface area (TPSA) is 106 Å². The first-order chi connectivity index (χ1) is 15.2. The molecule has 0 saturated carbocycles. The molecule has 0 fully saturated rings. The van der Waals surface area contributed by atoms with Gasteiger partial charge in [0.25, 0.3) is 5.91 Å². The summed E-state index contributed by atoms with van der Waals surface area (Å²) in [7, 11) is 0. The van der Waals surface area contributed by atoms with Crippen LogP contribution in [0.5, 0.6) is 5.75 Å². The molecule has 0 aliphatic rings. The number of benzene rings is 2. The Morgan fingerprint density at radius 1 is 0.906 bits per heavy atom. The maximum atomic E-state index is 12.3. The number of hydrogen-bond donors (Lipinski definition) is 3. The molecule has 0 aliphatic heterocycles. The highest BCUT2D eigenvalue weighted by Crippen LogP contribution is 2.13. The Balaban J connectivity index is 1.73. The third kappa shape index (κ3) is 9.07. The van der Waals surface area contributed by atoms with Crippen LogP contribution in [0, 0.1) is 0 Å². The first kappa shape index (κ1) is 24.7. The lowest BCUT2D eigenvalue weighted by Crippen LogP contribution is -2.34. The van der Waals surface area contributed by atoms with Crippen LogP contribution >= 0.6 is 0 Å². The second-order valence-electron chi connectivity index (χ2n) is 8.06. The van der Waals surface area contributed by atoms with Crippen LogP contribution in [0.2, 0.25) is 0 Å². The molecule has 0 bridgehead atoms. The molecule has 0 atom stereocenters. The number of carbonyl (C=O) groups excluding carboxylic acids is 3. The molecule has 8 heteroatoms. The zero-order valence-electron chi connectivity index (χ0n) is 19.0. The van der Waals surface area contributed by atoms with Crippen molar-refractivity contribution in [1.82, 2.24) is 10.6 Å². The number of ether oxygens (including phenoxy) is 2. The number of nitrogens with one attached hydrogen (secondary N) is 3. The van der Waals surface area contributed by atoms with E-state index in [0.717, 1.165) is 11.3 Å². The van der Waals surface area contributed by atoms with E-state index < -0.39 is 11.7 Å². The summed E-state index contributed by atoms with van der Waals surface area (Å²) in [6.07, 6.45) is -0.430. The largest absolute Gasteiger partial charge is 0.494 e. The van der Waals surface area contributed by atoms with Gasteiger partial charge in [0.15, 0.2) is 0 Å². The van der Waals surface area contributed by atoms with Gasteiger partial charge in [0.1, 0.15) is 11.4 Å². The van der Waals surface area contributed by atoms with Gasteiger partial charge in [0.05, 0.1) is 6.61 Å². The van der Waals surface area contributed by atoms with E-state index in [1.54, 1.807) is 57.2 Å². The highest BCUT2D eigenvalue weighted by molar-refractivity contribution is 5.94. The molecular formula is C24H31N3O5. The van der Waals surface area contributed by atoms with E-state index in [0.29, 0.717) is 24.4 Å². The number of carbonyl (C=O) groups is 3. The fourth-order valence-corrected chi connectivity index (χ4v) is 2.68. The molecule has 0 aromatic heterocycles. The summed E-state index contributed by atoms with van der Waals surface area (Å²) >= 11 is 0. The normalized spacial score (nSPS) is 10.8. The van der Waals surface area contributed by atoms with Crippen molar-refractivity contribution < 1.29 is 23.9 Å². The van der Waals surface area contributed by atoms with Gasteiger partial charge in [0, 0.05) is 30.8 Å². The fourth-order valence-electron chi connectivity index (χ4n) is 2.68. The second-order valence-corrected chi connectivity index (χ2v) is 8.06. The summed E-state index contributed by atoms with van der Waals surface area (Å²) in [6, 6.07) is 14.1. The molecule has 172 valence electrons. The van der Waals surface area contributed by atoms with Crippen LogP contribution in [0.15, 0.2) is 48.5 Å². The van der Waals surface area contributed by atoms with Crippen molar-refractivity contribution in [2.75, 3.05) is 18.5 Å². The van der Waals surface area contributed by atoms with Crippen molar-refractivity contribution >= 4 is 23.6 Å². The quantitative estimate of drug-likeness (QED) is 0.548. The third-order valence-corrected chi connectivity index (χ3v) is 4.14. The first-order valence-electron chi connectivity index (χ1n) is 10.5. The molecule has 32 heavy (non-hydrogen) atoms.